The number of Topliss-reactive ketones (excluding diaryl/α,β-unsaturated/α-hetero) is 2. The Kier molecular flexibility index (Phi) is 3.69. The van der Waals surface area contributed by atoms with Gasteiger partial charge in [-0.25, -0.2) is 0 Å². The third-order valence-corrected chi connectivity index (χ3v) is 6.29. The van der Waals surface area contributed by atoms with Gasteiger partial charge in [-0.05, 0) is 44.1 Å². The van der Waals surface area contributed by atoms with Crippen LogP contribution in [0.25, 0.3) is 0 Å². The molecular weight excluding hydrogens is 346 g/mol. The number of amides is 2. The van der Waals surface area contributed by atoms with Crippen LogP contribution >= 0.6 is 0 Å². The van der Waals surface area contributed by atoms with Crippen molar-refractivity contribution in [2.24, 2.45) is 0 Å². The van der Waals surface area contributed by atoms with Crippen LogP contribution in [0.3, 0.4) is 0 Å². The van der Waals surface area contributed by atoms with Crippen LogP contribution < -0.4 is 4.90 Å². The van der Waals surface area contributed by atoms with Gasteiger partial charge >= 0.3 is 0 Å². The van der Waals surface area contributed by atoms with Gasteiger partial charge in [0.05, 0.1) is 23.6 Å². The summed E-state index contributed by atoms with van der Waals surface area (Å²) in [6, 6.07) is 5.13. The molecule has 0 spiro atoms. The lowest BCUT2D eigenvalue weighted by Crippen LogP contribution is -2.62. The molecule has 0 N–H and O–H groups in total. The highest BCUT2D eigenvalue weighted by Gasteiger charge is 2.45. The molecule has 1 unspecified atom stereocenters. The molecule has 3 fully saturated rings. The van der Waals surface area contributed by atoms with Crippen molar-refractivity contribution in [2.75, 3.05) is 31.1 Å². The molecule has 5 rings (SSSR count). The third kappa shape index (κ3) is 2.52. The van der Waals surface area contributed by atoms with E-state index < -0.39 is 17.9 Å². The monoisotopic (exact) mass is 367 g/mol. The molecule has 7 nitrogen and oxygen atoms in total. The molecule has 1 aliphatic carbocycles. The van der Waals surface area contributed by atoms with E-state index in [0.29, 0.717) is 17.2 Å². The van der Waals surface area contributed by atoms with Crippen LogP contribution in [0.1, 0.15) is 46.4 Å². The number of imide groups is 1. The van der Waals surface area contributed by atoms with Crippen LogP contribution in [-0.4, -0.2) is 71.4 Å². The van der Waals surface area contributed by atoms with Crippen molar-refractivity contribution in [3.63, 3.8) is 0 Å². The number of carbonyl (C=O) groups excluding carboxylic acids is 4. The van der Waals surface area contributed by atoms with Crippen molar-refractivity contribution >= 4 is 29.1 Å². The van der Waals surface area contributed by atoms with Gasteiger partial charge < -0.3 is 4.90 Å². The summed E-state index contributed by atoms with van der Waals surface area (Å²) in [6.07, 6.45) is 1.56. The highest BCUT2D eigenvalue weighted by Crippen LogP contribution is 2.33. The summed E-state index contributed by atoms with van der Waals surface area (Å²) < 4.78 is 0. The maximum Gasteiger partial charge on any atom is 0.262 e. The Morgan fingerprint density at radius 1 is 0.926 bits per heavy atom. The zero-order valence-corrected chi connectivity index (χ0v) is 15.0. The molecule has 3 aliphatic heterocycles. The van der Waals surface area contributed by atoms with E-state index in [1.807, 2.05) is 6.07 Å². The molecule has 27 heavy (non-hydrogen) atoms. The van der Waals surface area contributed by atoms with Crippen LogP contribution in [0, 0.1) is 0 Å². The van der Waals surface area contributed by atoms with Crippen LogP contribution in [0.2, 0.25) is 0 Å². The molecule has 140 valence electrons. The Hall–Kier alpha value is -2.54. The van der Waals surface area contributed by atoms with E-state index in [1.54, 1.807) is 12.1 Å². The first-order valence-corrected chi connectivity index (χ1v) is 9.58. The van der Waals surface area contributed by atoms with Gasteiger partial charge in [0, 0.05) is 31.2 Å². The third-order valence-electron chi connectivity index (χ3n) is 6.29. The fourth-order valence-electron chi connectivity index (χ4n) is 4.46. The van der Waals surface area contributed by atoms with Gasteiger partial charge in [0.15, 0.2) is 5.78 Å². The number of rotatable bonds is 3. The predicted molar refractivity (Wildman–Crippen MR) is 96.8 cm³/mol. The number of fused-ring (bicyclic) bond motifs is 1. The number of likely N-dealkylation sites (tertiary alicyclic amines) is 1. The van der Waals surface area contributed by atoms with E-state index in [4.69, 9.17) is 0 Å². The van der Waals surface area contributed by atoms with Crippen molar-refractivity contribution in [2.45, 2.75) is 37.8 Å². The van der Waals surface area contributed by atoms with Crippen molar-refractivity contribution in [1.82, 2.24) is 9.80 Å². The highest BCUT2D eigenvalue weighted by molar-refractivity contribution is 6.24. The summed E-state index contributed by atoms with van der Waals surface area (Å²) in [5.74, 6) is -1.29. The van der Waals surface area contributed by atoms with Gasteiger partial charge in [-0.2, -0.15) is 0 Å². The maximum atomic E-state index is 12.9. The average Bonchev–Trinajstić information content (AvgIpc) is 2.80. The van der Waals surface area contributed by atoms with Gasteiger partial charge in [-0.15, -0.1) is 0 Å². The maximum absolute atomic E-state index is 12.9. The predicted octanol–water partition coefficient (Wildman–Crippen LogP) is 0.868. The minimum absolute atomic E-state index is 0.121. The molecule has 1 saturated carbocycles. The fourth-order valence-corrected chi connectivity index (χ4v) is 4.46. The van der Waals surface area contributed by atoms with Gasteiger partial charge in [-0.3, -0.25) is 29.0 Å². The molecule has 3 heterocycles. The molecule has 1 atom stereocenters. The minimum atomic E-state index is -0.807. The van der Waals surface area contributed by atoms with Gasteiger partial charge in [-0.1, -0.05) is 0 Å². The van der Waals surface area contributed by atoms with Crippen molar-refractivity contribution in [3.8, 4) is 0 Å². The van der Waals surface area contributed by atoms with Crippen LogP contribution in [0.4, 0.5) is 5.69 Å². The Morgan fingerprint density at radius 2 is 1.67 bits per heavy atom. The smallest absolute Gasteiger partial charge is 0.262 e. The van der Waals surface area contributed by atoms with E-state index in [0.717, 1.165) is 23.7 Å². The Labute approximate surface area is 156 Å². The van der Waals surface area contributed by atoms with Gasteiger partial charge in [0.25, 0.3) is 11.8 Å². The highest BCUT2D eigenvalue weighted by atomic mass is 16.2. The molecule has 2 amide bonds. The van der Waals surface area contributed by atoms with Crippen molar-refractivity contribution in [1.29, 1.82) is 0 Å². The topological polar surface area (TPSA) is 78.0 Å². The van der Waals surface area contributed by atoms with Crippen molar-refractivity contribution < 1.29 is 19.2 Å². The van der Waals surface area contributed by atoms with Crippen LogP contribution in [0.15, 0.2) is 18.2 Å². The zero-order valence-electron chi connectivity index (χ0n) is 15.0. The summed E-state index contributed by atoms with van der Waals surface area (Å²) in [6.45, 7) is 4.22. The molecule has 4 aliphatic rings. The molecule has 1 aromatic rings. The lowest BCUT2D eigenvalue weighted by atomic mass is 9.92. The fraction of sp³-hybridized carbons (Fsp3) is 0.500. The molecular formula is C20H21N3O4. The largest absolute Gasteiger partial charge is 0.368 e. The van der Waals surface area contributed by atoms with E-state index in [2.05, 4.69) is 9.80 Å². The number of hydrogen-bond acceptors (Lipinski definition) is 6. The number of ketones is 2. The normalized spacial score (nSPS) is 26.3. The van der Waals surface area contributed by atoms with Crippen LogP contribution in [0.5, 0.6) is 0 Å². The number of hydrogen-bond donors (Lipinski definition) is 0. The molecule has 1 aromatic carbocycles. The van der Waals surface area contributed by atoms with E-state index in [1.165, 1.54) is 19.5 Å². The number of benzene rings is 1. The second-order valence-electron chi connectivity index (χ2n) is 7.89. The average molecular weight is 367 g/mol. The second kappa shape index (κ2) is 5.99. The lowest BCUT2D eigenvalue weighted by molar-refractivity contribution is -0.132. The Balaban J connectivity index is 1.35. The quantitative estimate of drug-likeness (QED) is 0.583. The molecule has 0 bridgehead atoms. The lowest BCUT2D eigenvalue weighted by Gasteiger charge is -2.50. The molecule has 2 saturated heterocycles. The first-order chi connectivity index (χ1) is 13.0. The standard InChI is InChI=1S/C20H21N3O4/c24-14-3-5-17(18(25)9-14)23-19(26)15-4-2-12(8-16(15)20(23)27)22-10-13(11-22)21-6-1-7-21/h2,4,8,13,17H,1,3,5-7,9-11H2. The summed E-state index contributed by atoms with van der Waals surface area (Å²) in [7, 11) is 0. The first kappa shape index (κ1) is 16.6. The summed E-state index contributed by atoms with van der Waals surface area (Å²) in [5.41, 5.74) is 1.67. The Bertz CT molecular complexity index is 870. The summed E-state index contributed by atoms with van der Waals surface area (Å²) >= 11 is 0. The van der Waals surface area contributed by atoms with E-state index in [-0.39, 0.29) is 30.8 Å². The SMILES string of the molecule is O=C1CCC(N2C(=O)c3ccc(N4CC(N5CCC5)C4)cc3C2=O)C(=O)C1. The second-order valence-corrected chi connectivity index (χ2v) is 7.89. The van der Waals surface area contributed by atoms with Gasteiger partial charge in [0.2, 0.25) is 0 Å². The molecule has 0 radical (unpaired) electrons. The summed E-state index contributed by atoms with van der Waals surface area (Å²) in [5, 5.41) is 0. The zero-order chi connectivity index (χ0) is 18.7. The van der Waals surface area contributed by atoms with Crippen LogP contribution in [-0.2, 0) is 9.59 Å². The first-order valence-electron chi connectivity index (χ1n) is 9.58. The van der Waals surface area contributed by atoms with Gasteiger partial charge in [0.1, 0.15) is 5.78 Å². The Morgan fingerprint density at radius 3 is 2.33 bits per heavy atom. The van der Waals surface area contributed by atoms with Crippen molar-refractivity contribution in [3.05, 3.63) is 29.3 Å². The number of nitrogens with zero attached hydrogens (tertiary/aromatic N) is 3. The molecule has 0 aromatic heterocycles. The minimum Gasteiger partial charge on any atom is -0.368 e. The number of anilines is 1. The number of carbonyl (C=O) groups is 4. The molecule has 7 heteroatoms. The summed E-state index contributed by atoms with van der Waals surface area (Å²) in [4.78, 5) is 55.0. The van der Waals surface area contributed by atoms with E-state index in [9.17, 15) is 19.2 Å². The van der Waals surface area contributed by atoms with E-state index >= 15 is 0 Å².